The summed E-state index contributed by atoms with van der Waals surface area (Å²) in [5.41, 5.74) is 5.91. The Kier molecular flexibility index (Phi) is 4.04. The zero-order valence-corrected chi connectivity index (χ0v) is 10.9. The lowest BCUT2D eigenvalue weighted by molar-refractivity contribution is 0.0722. The van der Waals surface area contributed by atoms with Crippen molar-refractivity contribution in [1.29, 1.82) is 0 Å². The van der Waals surface area contributed by atoms with Gasteiger partial charge in [0.15, 0.2) is 0 Å². The van der Waals surface area contributed by atoms with Crippen LogP contribution in [0.1, 0.15) is 29.6 Å². The van der Waals surface area contributed by atoms with E-state index in [4.69, 9.17) is 22.1 Å². The average Bonchev–Trinajstić information content (AvgIpc) is 2.79. The maximum Gasteiger partial charge on any atom is 0.253 e. The van der Waals surface area contributed by atoms with E-state index in [1.54, 1.807) is 7.11 Å². The first-order valence-electron chi connectivity index (χ1n) is 5.86. The van der Waals surface area contributed by atoms with Gasteiger partial charge in [-0.3, -0.25) is 4.79 Å². The average molecular weight is 270 g/mol. The second-order valence-electron chi connectivity index (χ2n) is 4.37. The number of hydrogen-bond acceptors (Lipinski definition) is 4. The molecule has 1 aromatic rings. The van der Waals surface area contributed by atoms with Crippen molar-refractivity contribution < 1.29 is 9.53 Å². The summed E-state index contributed by atoms with van der Waals surface area (Å²) in [6.45, 7) is 0. The van der Waals surface area contributed by atoms with Gasteiger partial charge in [0, 0.05) is 13.3 Å². The molecule has 0 aliphatic heterocycles. The van der Waals surface area contributed by atoms with E-state index in [1.165, 1.54) is 12.3 Å². The molecule has 5 nitrogen and oxygen atoms in total. The number of ether oxygens (including phenoxy) is 1. The highest BCUT2D eigenvalue weighted by atomic mass is 35.5. The molecule has 1 aromatic heterocycles. The van der Waals surface area contributed by atoms with E-state index in [0.717, 1.165) is 19.3 Å². The number of pyridine rings is 1. The number of nitrogens with two attached hydrogens (primary N) is 1. The number of anilines is 1. The number of halogens is 1. The lowest BCUT2D eigenvalue weighted by Gasteiger charge is -2.19. The normalized spacial score (nSPS) is 23.0. The number of methoxy groups -OCH3 is 1. The van der Waals surface area contributed by atoms with Crippen LogP contribution in [0.3, 0.4) is 0 Å². The van der Waals surface area contributed by atoms with Crippen molar-refractivity contribution in [1.82, 2.24) is 10.3 Å². The number of aromatic nitrogens is 1. The fourth-order valence-electron chi connectivity index (χ4n) is 2.25. The van der Waals surface area contributed by atoms with Crippen LogP contribution in [0.5, 0.6) is 0 Å². The molecule has 2 atom stereocenters. The van der Waals surface area contributed by atoms with Gasteiger partial charge in [0.1, 0.15) is 5.82 Å². The standard InChI is InChI=1S/C12H16ClN3O2/c1-18-10-4-2-3-9(10)16-12(17)7-5-11(14)15-6-8(7)13/h5-6,9-10H,2-4H2,1H3,(H2,14,15)(H,16,17). The molecule has 2 unspecified atom stereocenters. The Bertz CT molecular complexity index is 453. The quantitative estimate of drug-likeness (QED) is 0.874. The molecule has 1 aliphatic rings. The molecule has 98 valence electrons. The molecule has 1 fully saturated rings. The first-order valence-corrected chi connectivity index (χ1v) is 6.24. The van der Waals surface area contributed by atoms with Gasteiger partial charge < -0.3 is 15.8 Å². The monoisotopic (exact) mass is 269 g/mol. The highest BCUT2D eigenvalue weighted by Crippen LogP contribution is 2.23. The van der Waals surface area contributed by atoms with Crippen molar-refractivity contribution in [2.24, 2.45) is 0 Å². The molecule has 18 heavy (non-hydrogen) atoms. The van der Waals surface area contributed by atoms with Crippen LogP contribution in [0.15, 0.2) is 12.3 Å². The van der Waals surface area contributed by atoms with Gasteiger partial charge in [-0.15, -0.1) is 0 Å². The van der Waals surface area contributed by atoms with E-state index in [9.17, 15) is 4.79 Å². The van der Waals surface area contributed by atoms with Gasteiger partial charge in [0.05, 0.1) is 22.7 Å². The molecule has 1 amide bonds. The Morgan fingerprint density at radius 1 is 1.61 bits per heavy atom. The van der Waals surface area contributed by atoms with Gasteiger partial charge in [0.2, 0.25) is 0 Å². The molecule has 0 radical (unpaired) electrons. The molecular formula is C12H16ClN3O2. The molecule has 1 aliphatic carbocycles. The van der Waals surface area contributed by atoms with Crippen molar-refractivity contribution in [3.05, 3.63) is 22.8 Å². The molecule has 0 spiro atoms. The second-order valence-corrected chi connectivity index (χ2v) is 4.78. The third-order valence-corrected chi connectivity index (χ3v) is 3.49. The van der Waals surface area contributed by atoms with Crippen LogP contribution in [0.4, 0.5) is 5.82 Å². The molecule has 0 saturated heterocycles. The van der Waals surface area contributed by atoms with E-state index >= 15 is 0 Å². The molecule has 0 aromatic carbocycles. The van der Waals surface area contributed by atoms with Crippen molar-refractivity contribution >= 4 is 23.3 Å². The molecule has 6 heteroatoms. The van der Waals surface area contributed by atoms with Crippen LogP contribution < -0.4 is 11.1 Å². The van der Waals surface area contributed by atoms with Gasteiger partial charge >= 0.3 is 0 Å². The predicted octanol–water partition coefficient (Wildman–Crippen LogP) is 1.61. The van der Waals surface area contributed by atoms with E-state index in [0.29, 0.717) is 10.6 Å². The minimum atomic E-state index is -0.233. The van der Waals surface area contributed by atoms with Gasteiger partial charge in [-0.25, -0.2) is 4.98 Å². The minimum absolute atomic E-state index is 0.0351. The number of rotatable bonds is 3. The summed E-state index contributed by atoms with van der Waals surface area (Å²) in [5.74, 6) is 0.0438. The lowest BCUT2D eigenvalue weighted by Crippen LogP contribution is -2.40. The number of nitrogens with zero attached hydrogens (tertiary/aromatic N) is 1. The minimum Gasteiger partial charge on any atom is -0.384 e. The third kappa shape index (κ3) is 2.73. The Morgan fingerprint density at radius 2 is 2.39 bits per heavy atom. The molecule has 3 N–H and O–H groups in total. The van der Waals surface area contributed by atoms with Crippen LogP contribution in [-0.2, 0) is 4.74 Å². The maximum atomic E-state index is 12.1. The Balaban J connectivity index is 2.09. The Hall–Kier alpha value is -1.33. The highest BCUT2D eigenvalue weighted by Gasteiger charge is 2.29. The van der Waals surface area contributed by atoms with Gasteiger partial charge in [-0.05, 0) is 25.3 Å². The summed E-state index contributed by atoms with van der Waals surface area (Å²) in [7, 11) is 1.66. The topological polar surface area (TPSA) is 77.2 Å². The molecule has 2 rings (SSSR count). The van der Waals surface area contributed by atoms with Crippen molar-refractivity contribution in [3.8, 4) is 0 Å². The second kappa shape index (κ2) is 5.54. The summed E-state index contributed by atoms with van der Waals surface area (Å²) < 4.78 is 5.33. The van der Waals surface area contributed by atoms with E-state index in [-0.39, 0.29) is 23.9 Å². The number of carbonyl (C=O) groups is 1. The zero-order valence-electron chi connectivity index (χ0n) is 10.1. The summed E-state index contributed by atoms with van der Waals surface area (Å²) in [5, 5.41) is 3.23. The molecule has 1 saturated carbocycles. The van der Waals surface area contributed by atoms with Gasteiger partial charge in [-0.1, -0.05) is 11.6 Å². The Morgan fingerprint density at radius 3 is 3.11 bits per heavy atom. The largest absolute Gasteiger partial charge is 0.384 e. The zero-order chi connectivity index (χ0) is 13.1. The van der Waals surface area contributed by atoms with Crippen molar-refractivity contribution in [2.45, 2.75) is 31.4 Å². The van der Waals surface area contributed by atoms with Crippen LogP contribution in [0.25, 0.3) is 0 Å². The molecular weight excluding hydrogens is 254 g/mol. The number of amides is 1. The summed E-state index contributed by atoms with van der Waals surface area (Å²) in [6.07, 6.45) is 4.40. The van der Waals surface area contributed by atoms with Crippen molar-refractivity contribution in [3.63, 3.8) is 0 Å². The lowest BCUT2D eigenvalue weighted by atomic mass is 10.2. The molecule has 0 bridgehead atoms. The summed E-state index contributed by atoms with van der Waals surface area (Å²) in [4.78, 5) is 15.9. The number of nitrogens with one attached hydrogen (secondary N) is 1. The van der Waals surface area contributed by atoms with Crippen LogP contribution in [0, 0.1) is 0 Å². The fraction of sp³-hybridized carbons (Fsp3) is 0.500. The summed E-state index contributed by atoms with van der Waals surface area (Å²) in [6, 6.07) is 1.52. The number of hydrogen-bond donors (Lipinski definition) is 2. The van der Waals surface area contributed by atoms with E-state index in [1.807, 2.05) is 0 Å². The first-order chi connectivity index (χ1) is 8.61. The Labute approximate surface area is 111 Å². The molecule has 1 heterocycles. The van der Waals surface area contributed by atoms with Gasteiger partial charge in [0.25, 0.3) is 5.91 Å². The van der Waals surface area contributed by atoms with E-state index < -0.39 is 0 Å². The van der Waals surface area contributed by atoms with Crippen LogP contribution in [0.2, 0.25) is 5.02 Å². The SMILES string of the molecule is COC1CCCC1NC(=O)c1cc(N)ncc1Cl. The maximum absolute atomic E-state index is 12.1. The fourth-order valence-corrected chi connectivity index (χ4v) is 2.44. The smallest absolute Gasteiger partial charge is 0.253 e. The highest BCUT2D eigenvalue weighted by molar-refractivity contribution is 6.33. The van der Waals surface area contributed by atoms with Crippen LogP contribution in [-0.4, -0.2) is 30.1 Å². The summed E-state index contributed by atoms with van der Waals surface area (Å²) >= 11 is 5.94. The van der Waals surface area contributed by atoms with Crippen molar-refractivity contribution in [2.75, 3.05) is 12.8 Å². The predicted molar refractivity (Wildman–Crippen MR) is 69.6 cm³/mol. The third-order valence-electron chi connectivity index (χ3n) is 3.19. The van der Waals surface area contributed by atoms with E-state index in [2.05, 4.69) is 10.3 Å². The number of nitrogen functional groups attached to an aromatic ring is 1. The first kappa shape index (κ1) is 13.1. The van der Waals surface area contributed by atoms with Crippen LogP contribution >= 0.6 is 11.6 Å². The number of carbonyl (C=O) groups excluding carboxylic acids is 1. The van der Waals surface area contributed by atoms with Gasteiger partial charge in [-0.2, -0.15) is 0 Å².